The number of piperazine rings is 1. The molecule has 1 saturated heterocycles. The SMILES string of the molecule is [C-]#[N+]C[C@H]1CN(c2nc(OC[C@H](C)N(C)CC3CC3)nc3c2CCN(c2cccc4cccc(C)c24)C3)CCN1C(=O)C=C. The maximum atomic E-state index is 12.6. The van der Waals surface area contributed by atoms with Gasteiger partial charge in [0.05, 0.1) is 12.2 Å². The third-order valence-corrected chi connectivity index (χ3v) is 9.45. The van der Waals surface area contributed by atoms with E-state index in [0.29, 0.717) is 38.8 Å². The second-order valence-corrected chi connectivity index (χ2v) is 12.6. The van der Waals surface area contributed by atoms with E-state index in [0.717, 1.165) is 42.5 Å². The van der Waals surface area contributed by atoms with Crippen LogP contribution < -0.4 is 14.5 Å². The Labute approximate surface area is 260 Å². The van der Waals surface area contributed by atoms with E-state index in [1.54, 1.807) is 4.90 Å². The number of anilines is 2. The summed E-state index contributed by atoms with van der Waals surface area (Å²) in [4.78, 5) is 35.1. The molecule has 1 aromatic heterocycles. The number of hydrogen-bond acceptors (Lipinski definition) is 7. The van der Waals surface area contributed by atoms with E-state index >= 15 is 0 Å². The first-order chi connectivity index (χ1) is 21.4. The maximum absolute atomic E-state index is 12.6. The second kappa shape index (κ2) is 12.8. The lowest BCUT2D eigenvalue weighted by Gasteiger charge is -2.41. The van der Waals surface area contributed by atoms with Gasteiger partial charge in [-0.25, -0.2) is 6.57 Å². The summed E-state index contributed by atoms with van der Waals surface area (Å²) in [5, 5.41) is 2.52. The van der Waals surface area contributed by atoms with Crippen LogP contribution in [0, 0.1) is 19.4 Å². The van der Waals surface area contributed by atoms with Gasteiger partial charge < -0.3 is 29.2 Å². The number of carbonyl (C=O) groups excluding carboxylic acids is 1. The Morgan fingerprint density at radius 3 is 2.73 bits per heavy atom. The molecule has 9 heteroatoms. The largest absolute Gasteiger partial charge is 0.462 e. The van der Waals surface area contributed by atoms with Crippen LogP contribution in [0.25, 0.3) is 15.6 Å². The zero-order chi connectivity index (χ0) is 30.8. The molecule has 1 aliphatic carbocycles. The minimum atomic E-state index is -0.225. The first kappa shape index (κ1) is 29.9. The summed E-state index contributed by atoms with van der Waals surface area (Å²) in [5.74, 6) is 1.56. The quantitative estimate of drug-likeness (QED) is 0.249. The third-order valence-electron chi connectivity index (χ3n) is 9.45. The first-order valence-electron chi connectivity index (χ1n) is 15.8. The molecule has 3 aliphatic rings. The molecular formula is C35H43N7O2. The number of aromatic nitrogens is 2. The minimum Gasteiger partial charge on any atom is -0.462 e. The van der Waals surface area contributed by atoms with Gasteiger partial charge in [-0.2, -0.15) is 9.97 Å². The van der Waals surface area contributed by atoms with E-state index in [-0.39, 0.29) is 24.5 Å². The van der Waals surface area contributed by atoms with Crippen molar-refractivity contribution >= 4 is 28.2 Å². The molecule has 2 aromatic carbocycles. The molecule has 230 valence electrons. The van der Waals surface area contributed by atoms with E-state index in [1.165, 1.54) is 40.9 Å². The predicted octanol–water partition coefficient (Wildman–Crippen LogP) is 4.73. The zero-order valence-corrected chi connectivity index (χ0v) is 26.2. The summed E-state index contributed by atoms with van der Waals surface area (Å²) in [6.45, 7) is 20.6. The fraction of sp³-hybridized carbons (Fsp3) is 0.486. The molecule has 0 unspecified atom stereocenters. The van der Waals surface area contributed by atoms with Gasteiger partial charge in [0.2, 0.25) is 12.5 Å². The Balaban J connectivity index is 1.31. The summed E-state index contributed by atoms with van der Waals surface area (Å²) in [5.41, 5.74) is 4.60. The van der Waals surface area contributed by atoms with Crippen molar-refractivity contribution in [3.8, 4) is 6.01 Å². The van der Waals surface area contributed by atoms with E-state index < -0.39 is 0 Å². The number of likely N-dealkylation sites (N-methyl/N-ethyl adjacent to an activating group) is 1. The fourth-order valence-corrected chi connectivity index (χ4v) is 6.62. The lowest BCUT2D eigenvalue weighted by atomic mass is 9.99. The lowest BCUT2D eigenvalue weighted by molar-refractivity contribution is -0.128. The van der Waals surface area contributed by atoms with E-state index in [9.17, 15) is 4.79 Å². The summed E-state index contributed by atoms with van der Waals surface area (Å²) >= 11 is 0. The Bertz CT molecular complexity index is 1570. The lowest BCUT2D eigenvalue weighted by Crippen LogP contribution is -2.56. The van der Waals surface area contributed by atoms with Crippen LogP contribution in [0.15, 0.2) is 49.1 Å². The Hall–Kier alpha value is -4.16. The van der Waals surface area contributed by atoms with Crippen LogP contribution in [0.3, 0.4) is 0 Å². The van der Waals surface area contributed by atoms with Crippen molar-refractivity contribution in [2.45, 2.75) is 51.7 Å². The van der Waals surface area contributed by atoms with E-state index in [1.807, 2.05) is 0 Å². The number of rotatable bonds is 10. The number of ether oxygens (including phenoxy) is 1. The van der Waals surface area contributed by atoms with Crippen molar-refractivity contribution in [2.24, 2.45) is 5.92 Å². The molecule has 0 N–H and O–H groups in total. The highest BCUT2D eigenvalue weighted by atomic mass is 16.5. The molecule has 0 radical (unpaired) electrons. The molecule has 6 rings (SSSR count). The van der Waals surface area contributed by atoms with Crippen LogP contribution in [-0.4, -0.2) is 90.7 Å². The molecule has 3 aromatic rings. The Morgan fingerprint density at radius 2 is 1.98 bits per heavy atom. The zero-order valence-electron chi connectivity index (χ0n) is 26.2. The molecule has 3 heterocycles. The molecule has 2 fully saturated rings. The monoisotopic (exact) mass is 593 g/mol. The number of nitrogens with zero attached hydrogens (tertiary/aromatic N) is 7. The molecule has 0 spiro atoms. The van der Waals surface area contributed by atoms with Crippen molar-refractivity contribution < 1.29 is 9.53 Å². The van der Waals surface area contributed by atoms with Crippen LogP contribution in [0.2, 0.25) is 0 Å². The number of aryl methyl sites for hydroxylation is 1. The molecule has 0 bridgehead atoms. The van der Waals surface area contributed by atoms with E-state index in [4.69, 9.17) is 21.3 Å². The van der Waals surface area contributed by atoms with Gasteiger partial charge in [-0.15, -0.1) is 0 Å². The fourth-order valence-electron chi connectivity index (χ4n) is 6.62. The molecule has 1 amide bonds. The predicted molar refractivity (Wildman–Crippen MR) is 175 cm³/mol. The minimum absolute atomic E-state index is 0.127. The van der Waals surface area contributed by atoms with Gasteiger partial charge in [0.15, 0.2) is 0 Å². The molecule has 2 aliphatic heterocycles. The molecule has 1 saturated carbocycles. The average molecular weight is 594 g/mol. The molecular weight excluding hydrogens is 550 g/mol. The third kappa shape index (κ3) is 6.22. The summed E-state index contributed by atoms with van der Waals surface area (Å²) in [6, 6.07) is 13.4. The van der Waals surface area contributed by atoms with Crippen LogP contribution in [-0.2, 0) is 17.8 Å². The first-order valence-corrected chi connectivity index (χ1v) is 15.8. The highest BCUT2D eigenvalue weighted by Gasteiger charge is 2.35. The van der Waals surface area contributed by atoms with Crippen LogP contribution in [0.5, 0.6) is 6.01 Å². The summed E-state index contributed by atoms with van der Waals surface area (Å²) in [7, 11) is 2.16. The van der Waals surface area contributed by atoms with Crippen LogP contribution in [0.1, 0.15) is 36.6 Å². The van der Waals surface area contributed by atoms with Crippen molar-refractivity contribution in [3.05, 3.63) is 77.3 Å². The Kier molecular flexibility index (Phi) is 8.72. The Morgan fingerprint density at radius 1 is 1.18 bits per heavy atom. The van der Waals surface area contributed by atoms with Gasteiger partial charge in [0, 0.05) is 55.4 Å². The van der Waals surface area contributed by atoms with Crippen LogP contribution in [0.4, 0.5) is 11.5 Å². The van der Waals surface area contributed by atoms with Gasteiger partial charge in [0.25, 0.3) is 0 Å². The van der Waals surface area contributed by atoms with Crippen molar-refractivity contribution in [1.29, 1.82) is 0 Å². The van der Waals surface area contributed by atoms with Gasteiger partial charge in [-0.1, -0.05) is 36.9 Å². The molecule has 44 heavy (non-hydrogen) atoms. The number of fused-ring (bicyclic) bond motifs is 2. The number of hydrogen-bond donors (Lipinski definition) is 0. The second-order valence-electron chi connectivity index (χ2n) is 12.6. The number of benzene rings is 2. The van der Waals surface area contributed by atoms with Gasteiger partial charge in [0.1, 0.15) is 18.5 Å². The molecule has 2 atom stereocenters. The van der Waals surface area contributed by atoms with Gasteiger partial charge in [-0.05, 0) is 69.2 Å². The van der Waals surface area contributed by atoms with Crippen LogP contribution >= 0.6 is 0 Å². The van der Waals surface area contributed by atoms with Crippen molar-refractivity contribution in [2.75, 3.05) is 62.7 Å². The number of amides is 1. The number of carbonyl (C=O) groups is 1. The molecule has 9 nitrogen and oxygen atoms in total. The van der Waals surface area contributed by atoms with Crippen molar-refractivity contribution in [1.82, 2.24) is 19.8 Å². The summed E-state index contributed by atoms with van der Waals surface area (Å²) in [6.07, 6.45) is 4.79. The van der Waals surface area contributed by atoms with Gasteiger partial charge in [-0.3, -0.25) is 4.79 Å². The average Bonchev–Trinajstić information content (AvgIpc) is 3.86. The maximum Gasteiger partial charge on any atom is 0.318 e. The highest BCUT2D eigenvalue weighted by molar-refractivity contribution is 5.97. The topological polar surface area (TPSA) is 69.4 Å². The highest BCUT2D eigenvalue weighted by Crippen LogP contribution is 2.36. The smallest absolute Gasteiger partial charge is 0.318 e. The normalized spacial score (nSPS) is 19.1. The van der Waals surface area contributed by atoms with Crippen molar-refractivity contribution in [3.63, 3.8) is 0 Å². The summed E-state index contributed by atoms with van der Waals surface area (Å²) < 4.78 is 6.33. The standard InChI is InChI=1S/C35H43N7O2/c1-6-32(43)42-18-17-41(21-28(42)19-36-4)34-29-15-16-40(31-12-8-11-27-10-7-9-24(2)33(27)31)22-30(29)37-35(38-34)44-23-25(3)39(5)20-26-13-14-26/h6-12,25-26,28H,1,13-23H2,2-3,5H3/t25-,28-/m0/s1. The van der Waals surface area contributed by atoms with Gasteiger partial charge >= 0.3 is 6.01 Å². The van der Waals surface area contributed by atoms with E-state index in [2.05, 4.69) is 83.4 Å².